The Morgan fingerprint density at radius 3 is 2.22 bits per heavy atom. The fourth-order valence-electron chi connectivity index (χ4n) is 4.78. The number of carbonyl (C=O) groups excluding carboxylic acids is 1. The van der Waals surface area contributed by atoms with E-state index in [9.17, 15) is 14.2 Å². The minimum absolute atomic E-state index is 0.180. The molecule has 5 aromatic rings. The second kappa shape index (κ2) is 11.6. The van der Waals surface area contributed by atoms with E-state index >= 15 is 0 Å². The number of benzene rings is 4. The third-order valence-corrected chi connectivity index (χ3v) is 8.79. The van der Waals surface area contributed by atoms with Crippen molar-refractivity contribution in [1.82, 2.24) is 9.88 Å². The first-order valence-corrected chi connectivity index (χ1v) is 16.2. The lowest BCUT2D eigenvalue weighted by Crippen LogP contribution is -2.23. The Bertz CT molecular complexity index is 1820. The van der Waals surface area contributed by atoms with E-state index in [1.807, 2.05) is 65.4 Å². The highest BCUT2D eigenvalue weighted by Gasteiger charge is 2.18. The Balaban J connectivity index is 1.56. The fourth-order valence-corrected chi connectivity index (χ4v) is 6.25. The average Bonchev–Trinajstić information content (AvgIpc) is 3.33. The van der Waals surface area contributed by atoms with Gasteiger partial charge in [0.05, 0.1) is 16.6 Å². The van der Waals surface area contributed by atoms with Gasteiger partial charge in [-0.05, 0) is 90.2 Å². The van der Waals surface area contributed by atoms with Crippen LogP contribution in [-0.2, 0) is 17.7 Å². The molecule has 0 fully saturated rings. The molecule has 1 heterocycles. The van der Waals surface area contributed by atoms with Gasteiger partial charge >= 0.3 is 5.97 Å². The summed E-state index contributed by atoms with van der Waals surface area (Å²) in [5.74, 6) is -1.29. The molecule has 1 amide bonds. The number of rotatable bonds is 8. The number of carboxylic acids is 1. The lowest BCUT2D eigenvalue weighted by molar-refractivity contribution is 0.0696. The molecule has 5 rings (SSSR count). The number of halogens is 2. The van der Waals surface area contributed by atoms with E-state index in [1.165, 1.54) is 12.1 Å². The van der Waals surface area contributed by atoms with Crippen molar-refractivity contribution in [3.05, 3.63) is 123 Å². The summed E-state index contributed by atoms with van der Waals surface area (Å²) in [6.07, 6.45) is 1.92. The number of aromatic carboxylic acids is 1. The molecular weight excluding hydrogens is 578 g/mol. The highest BCUT2D eigenvalue weighted by atomic mass is 35.5. The molecule has 0 atom stereocenters. The smallest absolute Gasteiger partial charge is 0.335 e. The predicted molar refractivity (Wildman–Crippen MR) is 167 cm³/mol. The summed E-state index contributed by atoms with van der Waals surface area (Å²) in [6.45, 7) is 4.14. The monoisotopic (exact) mass is 604 g/mol. The molecule has 2 N–H and O–H groups in total. The molecule has 0 bridgehead atoms. The maximum atomic E-state index is 13.7. The van der Waals surface area contributed by atoms with Crippen LogP contribution in [0.4, 0.5) is 0 Å². The van der Waals surface area contributed by atoms with E-state index in [0.29, 0.717) is 22.2 Å². The van der Waals surface area contributed by atoms with Gasteiger partial charge < -0.3 is 19.6 Å². The maximum Gasteiger partial charge on any atom is 0.335 e. The molecule has 1 aromatic heterocycles. The quantitative estimate of drug-likeness (QED) is 0.179. The van der Waals surface area contributed by atoms with E-state index in [4.69, 9.17) is 28.3 Å². The summed E-state index contributed by atoms with van der Waals surface area (Å²) < 4.78 is 14.8. The molecule has 208 valence electrons. The van der Waals surface area contributed by atoms with Crippen LogP contribution in [-0.4, -0.2) is 34.9 Å². The highest BCUT2D eigenvalue weighted by molar-refractivity contribution is 7.70. The van der Waals surface area contributed by atoms with Crippen molar-refractivity contribution >= 4 is 58.4 Å². The van der Waals surface area contributed by atoms with Crippen LogP contribution in [0.15, 0.2) is 91.1 Å². The number of hydrogen-bond donors (Lipinski definition) is 2. The number of fused-ring (bicyclic) bond motifs is 1. The zero-order valence-corrected chi connectivity index (χ0v) is 24.8. The number of aromatic nitrogens is 1. The topological polar surface area (TPSA) is 88.4 Å². The molecular formula is C32H27Cl2N2O4P. The molecule has 0 aliphatic carbocycles. The van der Waals surface area contributed by atoms with Gasteiger partial charge in [-0.15, -0.1) is 0 Å². The zero-order chi connectivity index (χ0) is 29.3. The van der Waals surface area contributed by atoms with Crippen molar-refractivity contribution in [2.24, 2.45) is 0 Å². The van der Waals surface area contributed by atoms with Crippen molar-refractivity contribution in [2.45, 2.75) is 13.1 Å². The molecule has 0 aliphatic heterocycles. The second-order valence-electron chi connectivity index (χ2n) is 10.3. The van der Waals surface area contributed by atoms with Crippen LogP contribution in [0.1, 0.15) is 31.8 Å². The summed E-state index contributed by atoms with van der Waals surface area (Å²) in [5, 5.41) is 14.8. The molecule has 9 heteroatoms. The molecule has 6 nitrogen and oxygen atoms in total. The highest BCUT2D eigenvalue weighted by Crippen LogP contribution is 2.36. The van der Waals surface area contributed by atoms with Gasteiger partial charge in [0.25, 0.3) is 5.91 Å². The van der Waals surface area contributed by atoms with Crippen molar-refractivity contribution in [3.63, 3.8) is 0 Å². The molecule has 4 aromatic carbocycles. The standard InChI is InChI=1S/C32H27Cl2N2O4P/c1-41(2,40)28-5-3-4-23(15-28)25-14-24-10-11-36(19-21-12-26(33)17-27(34)13-21)30(24)29(16-25)31(37)35-18-20-6-8-22(9-7-20)32(38)39/h3-17H,18-19H2,1-2H3,(H,35,37)(H,38,39). The van der Waals surface area contributed by atoms with E-state index < -0.39 is 13.1 Å². The first kappa shape index (κ1) is 28.7. The number of amides is 1. The van der Waals surface area contributed by atoms with E-state index in [2.05, 4.69) is 5.32 Å². The second-order valence-corrected chi connectivity index (χ2v) is 14.4. The van der Waals surface area contributed by atoms with E-state index in [-0.39, 0.29) is 18.0 Å². The van der Waals surface area contributed by atoms with Gasteiger partial charge in [0, 0.05) is 40.0 Å². The van der Waals surface area contributed by atoms with Crippen LogP contribution in [0, 0.1) is 0 Å². The summed E-state index contributed by atoms with van der Waals surface area (Å²) in [7, 11) is -2.48. The fraction of sp³-hybridized carbons (Fsp3) is 0.125. The van der Waals surface area contributed by atoms with Gasteiger partial charge in [0.1, 0.15) is 7.14 Å². The van der Waals surface area contributed by atoms with Crippen LogP contribution in [0.25, 0.3) is 22.0 Å². The van der Waals surface area contributed by atoms with Crippen molar-refractivity contribution in [3.8, 4) is 11.1 Å². The summed E-state index contributed by atoms with van der Waals surface area (Å²) in [4.78, 5) is 24.9. The molecule has 0 aliphatic rings. The molecule has 0 spiro atoms. The van der Waals surface area contributed by atoms with Crippen LogP contribution < -0.4 is 10.6 Å². The average molecular weight is 605 g/mol. The molecule has 41 heavy (non-hydrogen) atoms. The van der Waals surface area contributed by atoms with Gasteiger partial charge in [0.2, 0.25) is 0 Å². The first-order valence-electron chi connectivity index (χ1n) is 12.8. The van der Waals surface area contributed by atoms with Crippen LogP contribution in [0.3, 0.4) is 0 Å². The molecule has 0 saturated carbocycles. The van der Waals surface area contributed by atoms with Crippen molar-refractivity contribution < 1.29 is 19.3 Å². The Kier molecular flexibility index (Phi) is 8.10. The number of carbonyl (C=O) groups is 2. The Labute approximate surface area is 247 Å². The number of nitrogens with zero attached hydrogens (tertiary/aromatic N) is 1. The minimum atomic E-state index is -2.48. The number of carboxylic acid groups (broad SMARTS) is 1. The summed E-state index contributed by atoms with van der Waals surface area (Å²) in [6, 6.07) is 25.2. The van der Waals surface area contributed by atoms with Gasteiger partial charge in [-0.3, -0.25) is 4.79 Å². The normalized spacial score (nSPS) is 11.5. The molecule has 0 saturated heterocycles. The summed E-state index contributed by atoms with van der Waals surface area (Å²) >= 11 is 12.5. The SMILES string of the molecule is CP(C)(=O)c1cccc(-c2cc(C(=O)NCc3ccc(C(=O)O)cc3)c3c(ccn3Cc3cc(Cl)cc(Cl)c3)c2)c1. The molecule has 0 unspecified atom stereocenters. The van der Waals surface area contributed by atoms with Crippen LogP contribution in [0.2, 0.25) is 10.0 Å². The Morgan fingerprint density at radius 2 is 1.56 bits per heavy atom. The van der Waals surface area contributed by atoms with Crippen LogP contribution in [0.5, 0.6) is 0 Å². The number of nitrogens with one attached hydrogen (secondary N) is 1. The third-order valence-electron chi connectivity index (χ3n) is 6.84. The lowest BCUT2D eigenvalue weighted by Gasteiger charge is -2.14. The third kappa shape index (κ3) is 6.57. The van der Waals surface area contributed by atoms with Gasteiger partial charge in [-0.2, -0.15) is 0 Å². The maximum absolute atomic E-state index is 13.7. The zero-order valence-electron chi connectivity index (χ0n) is 22.4. The first-order chi connectivity index (χ1) is 19.5. The predicted octanol–water partition coefficient (Wildman–Crippen LogP) is 7.54. The van der Waals surface area contributed by atoms with Crippen LogP contribution >= 0.6 is 30.3 Å². The largest absolute Gasteiger partial charge is 0.478 e. The Hall–Kier alpha value is -3.83. The van der Waals surface area contributed by atoms with Gasteiger partial charge in [-0.1, -0.05) is 53.5 Å². The summed E-state index contributed by atoms with van der Waals surface area (Å²) in [5.41, 5.74) is 4.75. The molecule has 0 radical (unpaired) electrons. The van der Waals surface area contributed by atoms with Gasteiger partial charge in [0.15, 0.2) is 0 Å². The van der Waals surface area contributed by atoms with E-state index in [0.717, 1.165) is 38.5 Å². The van der Waals surface area contributed by atoms with E-state index in [1.54, 1.807) is 31.5 Å². The van der Waals surface area contributed by atoms with Gasteiger partial charge in [-0.25, -0.2) is 4.79 Å². The lowest BCUT2D eigenvalue weighted by atomic mass is 9.99. The van der Waals surface area contributed by atoms with Crippen molar-refractivity contribution in [2.75, 3.05) is 13.3 Å². The minimum Gasteiger partial charge on any atom is -0.478 e. The van der Waals surface area contributed by atoms with Crippen molar-refractivity contribution in [1.29, 1.82) is 0 Å². The number of hydrogen-bond acceptors (Lipinski definition) is 3. The Morgan fingerprint density at radius 1 is 0.854 bits per heavy atom.